The van der Waals surface area contributed by atoms with E-state index in [1.807, 2.05) is 10.1 Å². The number of nitro benzene ring substituents is 1. The Labute approximate surface area is 137 Å². The first-order valence-corrected chi connectivity index (χ1v) is 6.68. The number of H-pyrrole nitrogens is 2. The first-order valence-electron chi connectivity index (χ1n) is 6.30. The van der Waals surface area contributed by atoms with Crippen molar-refractivity contribution >= 4 is 29.4 Å². The minimum absolute atomic E-state index is 0.0236. The van der Waals surface area contributed by atoms with Crippen molar-refractivity contribution < 1.29 is 9.72 Å². The third kappa shape index (κ3) is 4.33. The predicted octanol–water partition coefficient (Wildman–Crippen LogP) is -0.287. The summed E-state index contributed by atoms with van der Waals surface area (Å²) in [7, 11) is 0. The molecule has 0 saturated heterocycles. The molecule has 0 atom stereocenters. The highest BCUT2D eigenvalue weighted by Crippen LogP contribution is 2.24. The van der Waals surface area contributed by atoms with Crippen LogP contribution in [0.15, 0.2) is 32.9 Å². The fourth-order valence-electron chi connectivity index (χ4n) is 1.61. The van der Waals surface area contributed by atoms with Gasteiger partial charge in [-0.15, -0.1) is 0 Å². The number of nitrogens with zero attached hydrogens (tertiary/aromatic N) is 3. The Bertz CT molecular complexity index is 934. The zero-order chi connectivity index (χ0) is 17.7. The molecule has 1 heterocycles. The molecule has 1 aromatic carbocycles. The molecule has 24 heavy (non-hydrogen) atoms. The van der Waals surface area contributed by atoms with E-state index in [9.17, 15) is 24.5 Å². The lowest BCUT2D eigenvalue weighted by atomic mass is 10.2. The second kappa shape index (κ2) is 7.28. The van der Waals surface area contributed by atoms with E-state index in [4.69, 9.17) is 11.6 Å². The number of rotatable bonds is 5. The second-order valence-electron chi connectivity index (χ2n) is 4.39. The van der Waals surface area contributed by atoms with Gasteiger partial charge in [0.15, 0.2) is 0 Å². The van der Waals surface area contributed by atoms with Crippen LogP contribution in [0.4, 0.5) is 5.69 Å². The fraction of sp³-hybridized carbons (Fsp3) is 0.0833. The molecule has 2 rings (SSSR count). The molecule has 0 fully saturated rings. The summed E-state index contributed by atoms with van der Waals surface area (Å²) in [5.74, 6) is -0.667. The van der Waals surface area contributed by atoms with Crippen LogP contribution in [0.5, 0.6) is 0 Å². The summed E-state index contributed by atoms with van der Waals surface area (Å²) < 4.78 is 0. The van der Waals surface area contributed by atoms with Crippen molar-refractivity contribution in [3.63, 3.8) is 0 Å². The number of benzene rings is 1. The molecule has 0 aliphatic carbocycles. The first-order chi connectivity index (χ1) is 11.4. The Morgan fingerprint density at radius 1 is 1.46 bits per heavy atom. The number of aromatic amines is 2. The molecule has 2 aromatic rings. The third-order valence-electron chi connectivity index (χ3n) is 2.68. The van der Waals surface area contributed by atoms with E-state index in [1.165, 1.54) is 24.4 Å². The maximum atomic E-state index is 11.6. The van der Waals surface area contributed by atoms with Crippen molar-refractivity contribution in [1.82, 2.24) is 20.6 Å². The molecule has 0 radical (unpaired) electrons. The molecule has 12 heteroatoms. The van der Waals surface area contributed by atoms with E-state index in [1.54, 1.807) is 0 Å². The molecule has 0 saturated carbocycles. The molecule has 0 aliphatic heterocycles. The maximum absolute atomic E-state index is 11.6. The van der Waals surface area contributed by atoms with Crippen LogP contribution >= 0.6 is 11.6 Å². The highest BCUT2D eigenvalue weighted by molar-refractivity contribution is 6.32. The Morgan fingerprint density at radius 3 is 2.88 bits per heavy atom. The van der Waals surface area contributed by atoms with Gasteiger partial charge in [0.2, 0.25) is 5.91 Å². The lowest BCUT2D eigenvalue weighted by molar-refractivity contribution is -0.384. The predicted molar refractivity (Wildman–Crippen MR) is 83.0 cm³/mol. The molecule has 3 N–H and O–H groups in total. The van der Waals surface area contributed by atoms with E-state index >= 15 is 0 Å². The lowest BCUT2D eigenvalue weighted by Crippen LogP contribution is -2.31. The number of nitro groups is 1. The molecular formula is C12H9ClN6O5. The number of hydrogen-bond acceptors (Lipinski definition) is 7. The molecule has 1 amide bonds. The summed E-state index contributed by atoms with van der Waals surface area (Å²) >= 11 is 5.67. The zero-order valence-electron chi connectivity index (χ0n) is 11.8. The maximum Gasteiger partial charge on any atom is 0.342 e. The molecular weight excluding hydrogens is 344 g/mol. The quantitative estimate of drug-likeness (QED) is 0.380. The normalized spacial score (nSPS) is 10.7. The van der Waals surface area contributed by atoms with Crippen LogP contribution in [0.2, 0.25) is 5.02 Å². The summed E-state index contributed by atoms with van der Waals surface area (Å²) in [6.45, 7) is 0. The number of halogens is 1. The van der Waals surface area contributed by atoms with Gasteiger partial charge >= 0.3 is 5.69 Å². The summed E-state index contributed by atoms with van der Waals surface area (Å²) in [4.78, 5) is 45.8. The highest BCUT2D eigenvalue weighted by Gasteiger charge is 2.12. The number of aromatic nitrogens is 3. The summed E-state index contributed by atoms with van der Waals surface area (Å²) in [5, 5.41) is 19.8. The minimum Gasteiger partial charge on any atom is -0.273 e. The number of carbonyl (C=O) groups excluding carboxylic acids is 1. The first kappa shape index (κ1) is 17.0. The number of carbonyl (C=O) groups is 1. The highest BCUT2D eigenvalue weighted by atomic mass is 35.5. The molecule has 0 unspecified atom stereocenters. The van der Waals surface area contributed by atoms with Crippen molar-refractivity contribution in [2.75, 3.05) is 0 Å². The van der Waals surface area contributed by atoms with E-state index < -0.39 is 28.5 Å². The monoisotopic (exact) mass is 352 g/mol. The van der Waals surface area contributed by atoms with Crippen LogP contribution in [-0.4, -0.2) is 32.2 Å². The van der Waals surface area contributed by atoms with E-state index in [-0.39, 0.29) is 16.4 Å². The van der Waals surface area contributed by atoms with Gasteiger partial charge in [-0.3, -0.25) is 24.7 Å². The Hall–Kier alpha value is -3.34. The largest absolute Gasteiger partial charge is 0.342 e. The van der Waals surface area contributed by atoms with Crippen LogP contribution in [0.3, 0.4) is 0 Å². The molecule has 1 aromatic heterocycles. The van der Waals surface area contributed by atoms with Crippen molar-refractivity contribution in [2.45, 2.75) is 6.42 Å². The van der Waals surface area contributed by atoms with Crippen molar-refractivity contribution in [3.05, 3.63) is 65.4 Å². The van der Waals surface area contributed by atoms with Crippen molar-refractivity contribution in [3.8, 4) is 0 Å². The average Bonchev–Trinajstić information content (AvgIpc) is 2.51. The molecule has 0 bridgehead atoms. The summed E-state index contributed by atoms with van der Waals surface area (Å²) in [6.07, 6.45) is 0.760. The van der Waals surface area contributed by atoms with Gasteiger partial charge in [-0.25, -0.2) is 15.3 Å². The number of nitrogens with one attached hydrogen (secondary N) is 3. The number of amides is 1. The van der Waals surface area contributed by atoms with Gasteiger partial charge in [0.25, 0.3) is 11.2 Å². The smallest absolute Gasteiger partial charge is 0.273 e. The van der Waals surface area contributed by atoms with Crippen LogP contribution in [-0.2, 0) is 11.2 Å². The van der Waals surface area contributed by atoms with Crippen LogP contribution in [0, 0.1) is 10.1 Å². The summed E-state index contributed by atoms with van der Waals surface area (Å²) in [5.41, 5.74) is 0.410. The van der Waals surface area contributed by atoms with Gasteiger partial charge in [-0.1, -0.05) is 17.7 Å². The van der Waals surface area contributed by atoms with Gasteiger partial charge in [0, 0.05) is 11.6 Å². The van der Waals surface area contributed by atoms with Crippen molar-refractivity contribution in [2.24, 2.45) is 5.10 Å². The number of hydrogen-bond donors (Lipinski definition) is 3. The molecule has 0 aliphatic rings. The van der Waals surface area contributed by atoms with Crippen LogP contribution in [0.1, 0.15) is 11.3 Å². The van der Waals surface area contributed by atoms with Crippen molar-refractivity contribution in [1.29, 1.82) is 0 Å². The zero-order valence-corrected chi connectivity index (χ0v) is 12.5. The molecule has 124 valence electrons. The van der Waals surface area contributed by atoms with Gasteiger partial charge in [-0.05, 0) is 6.07 Å². The third-order valence-corrected chi connectivity index (χ3v) is 3.00. The SMILES string of the molecule is O=C(Cc1n[nH]c(=O)[nH]c1=O)N/N=C/c1ccc(Cl)c([N+](=O)[O-])c1. The van der Waals surface area contributed by atoms with Crippen LogP contribution in [0.25, 0.3) is 0 Å². The second-order valence-corrected chi connectivity index (χ2v) is 4.80. The van der Waals surface area contributed by atoms with Gasteiger partial charge in [0.05, 0.1) is 17.6 Å². The Morgan fingerprint density at radius 2 is 2.21 bits per heavy atom. The number of hydrazone groups is 1. The van der Waals surface area contributed by atoms with Gasteiger partial charge in [0.1, 0.15) is 10.7 Å². The standard InChI is InChI=1S/C12H9ClN6O5/c13-7-2-1-6(3-9(7)19(23)24)5-14-17-10(20)4-8-11(21)15-12(22)18-16-8/h1-3,5H,4H2,(H,17,20)(H2,15,18,21,22)/b14-5+. The van der Waals surface area contributed by atoms with E-state index in [0.717, 1.165) is 0 Å². The summed E-state index contributed by atoms with van der Waals surface area (Å²) in [6, 6.07) is 3.98. The van der Waals surface area contributed by atoms with Gasteiger partial charge in [-0.2, -0.15) is 10.2 Å². The van der Waals surface area contributed by atoms with E-state index in [2.05, 4.69) is 15.6 Å². The average molecular weight is 353 g/mol. The minimum atomic E-state index is -0.786. The molecule has 0 spiro atoms. The fourth-order valence-corrected chi connectivity index (χ4v) is 1.80. The Balaban J connectivity index is 2.02. The molecule has 11 nitrogen and oxygen atoms in total. The topological polar surface area (TPSA) is 163 Å². The van der Waals surface area contributed by atoms with E-state index in [0.29, 0.717) is 5.56 Å². The van der Waals surface area contributed by atoms with Crippen LogP contribution < -0.4 is 16.7 Å². The lowest BCUT2D eigenvalue weighted by Gasteiger charge is -1.99. The Kier molecular flexibility index (Phi) is 5.16. The van der Waals surface area contributed by atoms with Gasteiger partial charge < -0.3 is 0 Å².